The minimum atomic E-state index is -0.117. The lowest BCUT2D eigenvalue weighted by atomic mass is 10.1. The fourth-order valence-corrected chi connectivity index (χ4v) is 4.89. The largest absolute Gasteiger partial charge is 0.490 e. The van der Waals surface area contributed by atoms with E-state index >= 15 is 0 Å². The molecule has 0 atom stereocenters. The Morgan fingerprint density at radius 3 is 1.49 bits per heavy atom. The van der Waals surface area contributed by atoms with Gasteiger partial charge >= 0.3 is 0 Å². The van der Waals surface area contributed by atoms with Gasteiger partial charge in [0.1, 0.15) is 0 Å². The van der Waals surface area contributed by atoms with Gasteiger partial charge in [0.15, 0.2) is 11.5 Å². The van der Waals surface area contributed by atoms with Crippen molar-refractivity contribution in [3.05, 3.63) is 23.8 Å². The number of aliphatic hydroxyl groups excluding tert-OH is 1. The third kappa shape index (κ3) is 18.3. The maximum absolute atomic E-state index is 12.7. The normalized spacial score (nSPS) is 11.1. The number of hydrogen-bond donors (Lipinski definition) is 1. The lowest BCUT2D eigenvalue weighted by Gasteiger charge is -2.18. The van der Waals surface area contributed by atoms with E-state index in [1.54, 1.807) is 19.2 Å². The Morgan fingerprint density at radius 1 is 0.641 bits per heavy atom. The van der Waals surface area contributed by atoms with Gasteiger partial charge in [-0.1, -0.05) is 129 Å². The number of benzene rings is 1. The molecule has 0 heterocycles. The van der Waals surface area contributed by atoms with Crippen molar-refractivity contribution < 1.29 is 19.4 Å². The molecular weight excluding hydrogens is 486 g/mol. The zero-order valence-corrected chi connectivity index (χ0v) is 25.8. The topological polar surface area (TPSA) is 59.0 Å². The molecule has 1 amide bonds. The molecule has 0 fully saturated rings. The van der Waals surface area contributed by atoms with E-state index < -0.39 is 0 Å². The molecular formula is C34H61NO4. The number of aliphatic hydroxyl groups is 1. The number of unbranched alkanes of at least 4 members (excludes halogenated alkanes) is 18. The molecule has 0 radical (unpaired) electrons. The third-order valence-electron chi connectivity index (χ3n) is 7.48. The average Bonchev–Trinajstić information content (AvgIpc) is 2.94. The Morgan fingerprint density at radius 2 is 1.05 bits per heavy atom. The van der Waals surface area contributed by atoms with Crippen LogP contribution < -0.4 is 9.47 Å². The van der Waals surface area contributed by atoms with E-state index in [2.05, 4.69) is 13.8 Å². The molecule has 0 saturated heterocycles. The molecule has 1 N–H and O–H groups in total. The molecule has 0 bridgehead atoms. The molecule has 0 aliphatic carbocycles. The number of carbonyl (C=O) groups excluding carboxylic acids is 1. The van der Waals surface area contributed by atoms with Crippen molar-refractivity contribution in [2.24, 2.45) is 0 Å². The van der Waals surface area contributed by atoms with Gasteiger partial charge in [0.05, 0.1) is 19.8 Å². The zero-order chi connectivity index (χ0) is 28.4. The molecule has 5 nitrogen and oxygen atoms in total. The number of nitrogens with zero attached hydrogens (tertiary/aromatic N) is 1. The summed E-state index contributed by atoms with van der Waals surface area (Å²) in [6.45, 7) is 6.09. The molecule has 1 aromatic rings. The van der Waals surface area contributed by atoms with Crippen LogP contribution in [0, 0.1) is 0 Å². The quantitative estimate of drug-likeness (QED) is 0.111. The first-order valence-electron chi connectivity index (χ1n) is 16.4. The highest BCUT2D eigenvalue weighted by Crippen LogP contribution is 2.30. The van der Waals surface area contributed by atoms with Crippen molar-refractivity contribution in [2.45, 2.75) is 142 Å². The Labute approximate surface area is 241 Å². The van der Waals surface area contributed by atoms with Gasteiger partial charge in [0.25, 0.3) is 5.91 Å². The molecule has 0 aliphatic rings. The molecule has 0 aromatic heterocycles. The summed E-state index contributed by atoms with van der Waals surface area (Å²) in [5.74, 6) is 1.26. The van der Waals surface area contributed by atoms with E-state index in [1.807, 2.05) is 6.07 Å². The van der Waals surface area contributed by atoms with Crippen LogP contribution in [-0.4, -0.2) is 49.3 Å². The van der Waals surface area contributed by atoms with Gasteiger partial charge in [-0.3, -0.25) is 4.79 Å². The standard InChI is InChI=1S/C34H61NO4/c1-4-6-8-10-12-14-16-18-20-22-28-38-32-25-24-31(34(37)35(3)26-27-36)30-33(32)39-29-23-21-19-17-15-13-11-9-7-5-2/h24-25,30,36H,4-23,26-29H2,1-3H3. The molecule has 0 unspecified atom stereocenters. The van der Waals surface area contributed by atoms with E-state index in [4.69, 9.17) is 9.47 Å². The van der Waals surface area contributed by atoms with Gasteiger partial charge in [-0.25, -0.2) is 0 Å². The van der Waals surface area contributed by atoms with Crippen LogP contribution in [0.25, 0.3) is 0 Å². The molecule has 226 valence electrons. The molecule has 0 spiro atoms. The van der Waals surface area contributed by atoms with Crippen molar-refractivity contribution in [2.75, 3.05) is 33.4 Å². The maximum atomic E-state index is 12.7. The SMILES string of the molecule is CCCCCCCCCCCCOc1ccc(C(=O)N(C)CCO)cc1OCCCCCCCCCCCC. The summed E-state index contributed by atoms with van der Waals surface area (Å²) >= 11 is 0. The van der Waals surface area contributed by atoms with Crippen LogP contribution in [0.4, 0.5) is 0 Å². The number of carbonyl (C=O) groups is 1. The second kappa shape index (κ2) is 25.2. The van der Waals surface area contributed by atoms with Crippen molar-refractivity contribution in [1.29, 1.82) is 0 Å². The zero-order valence-electron chi connectivity index (χ0n) is 25.8. The highest BCUT2D eigenvalue weighted by atomic mass is 16.5. The number of amides is 1. The van der Waals surface area contributed by atoms with Crippen LogP contribution in [0.5, 0.6) is 11.5 Å². The van der Waals surface area contributed by atoms with Crippen LogP contribution in [-0.2, 0) is 0 Å². The van der Waals surface area contributed by atoms with E-state index in [0.717, 1.165) is 18.6 Å². The van der Waals surface area contributed by atoms with Gasteiger partial charge in [0.2, 0.25) is 0 Å². The first-order valence-corrected chi connectivity index (χ1v) is 16.4. The minimum absolute atomic E-state index is 0.0512. The van der Waals surface area contributed by atoms with Gasteiger partial charge in [-0.15, -0.1) is 0 Å². The Hall–Kier alpha value is -1.75. The van der Waals surface area contributed by atoms with Crippen molar-refractivity contribution in [3.8, 4) is 11.5 Å². The van der Waals surface area contributed by atoms with Crippen molar-refractivity contribution >= 4 is 5.91 Å². The monoisotopic (exact) mass is 547 g/mol. The van der Waals surface area contributed by atoms with Crippen LogP contribution in [0.15, 0.2) is 18.2 Å². The molecule has 1 aromatic carbocycles. The van der Waals surface area contributed by atoms with Crippen LogP contribution in [0.1, 0.15) is 153 Å². The van der Waals surface area contributed by atoms with Crippen LogP contribution in [0.2, 0.25) is 0 Å². The van der Waals surface area contributed by atoms with E-state index in [9.17, 15) is 9.90 Å². The van der Waals surface area contributed by atoms with Crippen molar-refractivity contribution in [3.63, 3.8) is 0 Å². The lowest BCUT2D eigenvalue weighted by Crippen LogP contribution is -2.29. The fourth-order valence-electron chi connectivity index (χ4n) is 4.89. The molecule has 5 heteroatoms. The summed E-state index contributed by atoms with van der Waals surface area (Å²) in [5, 5.41) is 9.19. The fraction of sp³-hybridized carbons (Fsp3) is 0.794. The second-order valence-corrected chi connectivity index (χ2v) is 11.2. The first kappa shape index (κ1) is 35.3. The van der Waals surface area contributed by atoms with Gasteiger partial charge < -0.3 is 19.5 Å². The van der Waals surface area contributed by atoms with E-state index in [1.165, 1.54) is 120 Å². The first-order chi connectivity index (χ1) is 19.1. The summed E-state index contributed by atoms with van der Waals surface area (Å²) < 4.78 is 12.3. The summed E-state index contributed by atoms with van der Waals surface area (Å²) in [7, 11) is 1.71. The van der Waals surface area contributed by atoms with Crippen LogP contribution in [0.3, 0.4) is 0 Å². The van der Waals surface area contributed by atoms with Crippen LogP contribution >= 0.6 is 0 Å². The maximum Gasteiger partial charge on any atom is 0.253 e. The van der Waals surface area contributed by atoms with E-state index in [0.29, 0.717) is 31.1 Å². The number of ether oxygens (including phenoxy) is 2. The number of rotatable bonds is 27. The smallest absolute Gasteiger partial charge is 0.253 e. The summed E-state index contributed by atoms with van der Waals surface area (Å²) in [5.41, 5.74) is 0.565. The average molecular weight is 548 g/mol. The molecule has 0 aliphatic heterocycles. The van der Waals surface area contributed by atoms with Gasteiger partial charge in [0, 0.05) is 19.2 Å². The molecule has 1 rings (SSSR count). The number of likely N-dealkylation sites (N-methyl/N-ethyl adjacent to an activating group) is 1. The molecule has 39 heavy (non-hydrogen) atoms. The third-order valence-corrected chi connectivity index (χ3v) is 7.48. The van der Waals surface area contributed by atoms with Gasteiger partial charge in [-0.05, 0) is 31.0 Å². The lowest BCUT2D eigenvalue weighted by molar-refractivity contribution is 0.0766. The summed E-state index contributed by atoms with van der Waals surface area (Å²) in [6.07, 6.45) is 25.8. The highest BCUT2D eigenvalue weighted by Gasteiger charge is 2.15. The van der Waals surface area contributed by atoms with Crippen molar-refractivity contribution in [1.82, 2.24) is 4.90 Å². The predicted octanol–water partition coefficient (Wildman–Crippen LogP) is 9.35. The predicted molar refractivity (Wildman–Crippen MR) is 165 cm³/mol. The summed E-state index contributed by atoms with van der Waals surface area (Å²) in [4.78, 5) is 14.3. The minimum Gasteiger partial charge on any atom is -0.490 e. The molecule has 0 saturated carbocycles. The summed E-state index contributed by atoms with van der Waals surface area (Å²) in [6, 6.07) is 5.47. The Kier molecular flexibility index (Phi) is 22.8. The second-order valence-electron chi connectivity index (χ2n) is 11.2. The number of hydrogen-bond acceptors (Lipinski definition) is 4. The van der Waals surface area contributed by atoms with E-state index in [-0.39, 0.29) is 12.5 Å². The highest BCUT2D eigenvalue weighted by molar-refractivity contribution is 5.94. The Bertz CT molecular complexity index is 708. The Balaban J connectivity index is 2.42. The van der Waals surface area contributed by atoms with Gasteiger partial charge in [-0.2, -0.15) is 0 Å².